The van der Waals surface area contributed by atoms with Crippen LogP contribution < -0.4 is 5.32 Å². The van der Waals surface area contributed by atoms with E-state index < -0.39 is 6.10 Å². The van der Waals surface area contributed by atoms with Crippen LogP contribution in [0.5, 0.6) is 0 Å². The average molecular weight is 259 g/mol. The van der Waals surface area contributed by atoms with Gasteiger partial charge in [-0.25, -0.2) is 4.39 Å². The molecule has 2 N–H and O–H groups in total. The summed E-state index contributed by atoms with van der Waals surface area (Å²) in [5, 5.41) is 13.3. The maximum Gasteiger partial charge on any atom is 0.123 e. The summed E-state index contributed by atoms with van der Waals surface area (Å²) in [6.07, 6.45) is -0.633. The Bertz CT molecular complexity index is 498. The minimum absolute atomic E-state index is 0.163. The zero-order chi connectivity index (χ0) is 13.7. The van der Waals surface area contributed by atoms with Crippen molar-refractivity contribution in [2.24, 2.45) is 0 Å². The van der Waals surface area contributed by atoms with Crippen molar-refractivity contribution < 1.29 is 9.50 Å². The standard InChI is InChI=1S/C16H18FNO/c1-12(13-5-3-2-4-6-13)18-11-16(19)14-7-9-15(17)10-8-14/h2-10,12,16,18-19H,11H2,1H3/t12?,16-/m1/s1. The summed E-state index contributed by atoms with van der Waals surface area (Å²) in [6, 6.07) is 16.1. The first-order chi connectivity index (χ1) is 9.16. The molecule has 2 atom stereocenters. The molecule has 0 saturated heterocycles. The van der Waals surface area contributed by atoms with E-state index in [0.717, 1.165) is 0 Å². The molecule has 0 spiro atoms. The van der Waals surface area contributed by atoms with Gasteiger partial charge in [-0.3, -0.25) is 0 Å². The Hall–Kier alpha value is -1.71. The van der Waals surface area contributed by atoms with Gasteiger partial charge >= 0.3 is 0 Å². The molecule has 3 heteroatoms. The Morgan fingerprint density at radius 1 is 1.00 bits per heavy atom. The Morgan fingerprint density at radius 2 is 1.63 bits per heavy atom. The summed E-state index contributed by atoms with van der Waals surface area (Å²) in [4.78, 5) is 0. The van der Waals surface area contributed by atoms with E-state index in [4.69, 9.17) is 0 Å². The lowest BCUT2D eigenvalue weighted by Crippen LogP contribution is -2.24. The van der Waals surface area contributed by atoms with Crippen LogP contribution in [0.15, 0.2) is 54.6 Å². The molecule has 0 heterocycles. The zero-order valence-corrected chi connectivity index (χ0v) is 10.9. The molecule has 0 radical (unpaired) electrons. The van der Waals surface area contributed by atoms with Gasteiger partial charge in [0, 0.05) is 12.6 Å². The van der Waals surface area contributed by atoms with Gasteiger partial charge in [-0.1, -0.05) is 42.5 Å². The number of nitrogens with one attached hydrogen (secondary N) is 1. The molecule has 0 aliphatic carbocycles. The zero-order valence-electron chi connectivity index (χ0n) is 10.9. The SMILES string of the molecule is CC(NC[C@@H](O)c1ccc(F)cc1)c1ccccc1. The fraction of sp³-hybridized carbons (Fsp3) is 0.250. The molecule has 0 aliphatic heterocycles. The van der Waals surface area contributed by atoms with Crippen LogP contribution in [0.2, 0.25) is 0 Å². The van der Waals surface area contributed by atoms with Gasteiger partial charge in [-0.15, -0.1) is 0 Å². The molecule has 0 aromatic heterocycles. The minimum atomic E-state index is -0.633. The lowest BCUT2D eigenvalue weighted by atomic mass is 10.1. The first-order valence-electron chi connectivity index (χ1n) is 6.38. The molecular formula is C16H18FNO. The Kier molecular flexibility index (Phi) is 4.66. The Labute approximate surface area is 112 Å². The van der Waals surface area contributed by atoms with Crippen LogP contribution in [0, 0.1) is 5.82 Å². The molecule has 19 heavy (non-hydrogen) atoms. The van der Waals surface area contributed by atoms with Crippen LogP contribution in [0.4, 0.5) is 4.39 Å². The average Bonchev–Trinajstić information content (AvgIpc) is 2.46. The predicted molar refractivity (Wildman–Crippen MR) is 74.2 cm³/mol. The normalized spacial score (nSPS) is 14.1. The minimum Gasteiger partial charge on any atom is -0.387 e. The molecule has 2 aromatic rings. The number of hydrogen-bond donors (Lipinski definition) is 2. The third-order valence-electron chi connectivity index (χ3n) is 3.17. The fourth-order valence-electron chi connectivity index (χ4n) is 1.95. The number of rotatable bonds is 5. The number of aliphatic hydroxyl groups excluding tert-OH is 1. The van der Waals surface area contributed by atoms with E-state index >= 15 is 0 Å². The van der Waals surface area contributed by atoms with Crippen molar-refractivity contribution in [1.29, 1.82) is 0 Å². The van der Waals surface area contributed by atoms with Crippen LogP contribution >= 0.6 is 0 Å². The molecule has 0 bridgehead atoms. The van der Waals surface area contributed by atoms with Crippen molar-refractivity contribution >= 4 is 0 Å². The van der Waals surface area contributed by atoms with Crippen molar-refractivity contribution in [2.45, 2.75) is 19.1 Å². The van der Waals surface area contributed by atoms with Crippen LogP contribution in [0.3, 0.4) is 0 Å². The maximum absolute atomic E-state index is 12.8. The maximum atomic E-state index is 12.8. The quantitative estimate of drug-likeness (QED) is 0.864. The molecular weight excluding hydrogens is 241 g/mol. The Morgan fingerprint density at radius 3 is 2.26 bits per heavy atom. The second-order valence-corrected chi connectivity index (χ2v) is 4.61. The van der Waals surface area contributed by atoms with Gasteiger partial charge in [0.2, 0.25) is 0 Å². The first-order valence-corrected chi connectivity index (χ1v) is 6.38. The molecule has 2 nitrogen and oxygen atoms in total. The van der Waals surface area contributed by atoms with Gasteiger partial charge in [-0.05, 0) is 30.2 Å². The topological polar surface area (TPSA) is 32.3 Å². The van der Waals surface area contributed by atoms with Crippen molar-refractivity contribution in [3.8, 4) is 0 Å². The number of halogens is 1. The highest BCUT2D eigenvalue weighted by atomic mass is 19.1. The van der Waals surface area contributed by atoms with E-state index in [9.17, 15) is 9.50 Å². The summed E-state index contributed by atoms with van der Waals surface area (Å²) in [5.41, 5.74) is 1.89. The van der Waals surface area contributed by atoms with E-state index in [1.54, 1.807) is 12.1 Å². The smallest absolute Gasteiger partial charge is 0.123 e. The molecule has 100 valence electrons. The second kappa shape index (κ2) is 6.45. The van der Waals surface area contributed by atoms with Crippen molar-refractivity contribution in [3.05, 3.63) is 71.5 Å². The van der Waals surface area contributed by atoms with Crippen LogP contribution in [-0.4, -0.2) is 11.7 Å². The van der Waals surface area contributed by atoms with Gasteiger partial charge in [0.1, 0.15) is 5.82 Å². The van der Waals surface area contributed by atoms with E-state index in [0.29, 0.717) is 12.1 Å². The lowest BCUT2D eigenvalue weighted by Gasteiger charge is -2.17. The predicted octanol–water partition coefficient (Wildman–Crippen LogP) is 3.21. The van der Waals surface area contributed by atoms with E-state index in [-0.39, 0.29) is 11.9 Å². The van der Waals surface area contributed by atoms with Gasteiger partial charge in [0.15, 0.2) is 0 Å². The molecule has 0 saturated carbocycles. The first kappa shape index (κ1) is 13.7. The summed E-state index contributed by atoms with van der Waals surface area (Å²) < 4.78 is 12.8. The van der Waals surface area contributed by atoms with Crippen molar-refractivity contribution in [1.82, 2.24) is 5.32 Å². The van der Waals surface area contributed by atoms with Crippen LogP contribution in [0.25, 0.3) is 0 Å². The van der Waals surface area contributed by atoms with E-state index in [1.165, 1.54) is 17.7 Å². The summed E-state index contributed by atoms with van der Waals surface area (Å²) in [7, 11) is 0. The number of hydrogen-bond acceptors (Lipinski definition) is 2. The number of benzene rings is 2. The van der Waals surface area contributed by atoms with Crippen molar-refractivity contribution in [2.75, 3.05) is 6.54 Å². The monoisotopic (exact) mass is 259 g/mol. The van der Waals surface area contributed by atoms with Gasteiger partial charge in [0.25, 0.3) is 0 Å². The molecule has 2 rings (SSSR count). The summed E-state index contributed by atoms with van der Waals surface area (Å²) in [5.74, 6) is -0.290. The van der Waals surface area contributed by atoms with Gasteiger partial charge < -0.3 is 10.4 Å². The van der Waals surface area contributed by atoms with E-state index in [1.807, 2.05) is 37.3 Å². The summed E-state index contributed by atoms with van der Waals surface area (Å²) in [6.45, 7) is 2.48. The fourth-order valence-corrected chi connectivity index (χ4v) is 1.95. The van der Waals surface area contributed by atoms with Crippen molar-refractivity contribution in [3.63, 3.8) is 0 Å². The second-order valence-electron chi connectivity index (χ2n) is 4.61. The highest BCUT2D eigenvalue weighted by Crippen LogP contribution is 2.15. The molecule has 2 aromatic carbocycles. The highest BCUT2D eigenvalue weighted by Gasteiger charge is 2.10. The molecule has 0 amide bonds. The third kappa shape index (κ3) is 3.88. The highest BCUT2D eigenvalue weighted by molar-refractivity contribution is 5.20. The van der Waals surface area contributed by atoms with E-state index in [2.05, 4.69) is 5.32 Å². The lowest BCUT2D eigenvalue weighted by molar-refractivity contribution is 0.170. The molecule has 0 fully saturated rings. The Balaban J connectivity index is 1.90. The molecule has 0 aliphatic rings. The van der Waals surface area contributed by atoms with Gasteiger partial charge in [0.05, 0.1) is 6.10 Å². The third-order valence-corrected chi connectivity index (χ3v) is 3.17. The van der Waals surface area contributed by atoms with Crippen LogP contribution in [-0.2, 0) is 0 Å². The van der Waals surface area contributed by atoms with Gasteiger partial charge in [-0.2, -0.15) is 0 Å². The number of aliphatic hydroxyl groups is 1. The molecule has 1 unspecified atom stereocenters. The largest absolute Gasteiger partial charge is 0.387 e. The summed E-state index contributed by atoms with van der Waals surface area (Å²) >= 11 is 0. The van der Waals surface area contributed by atoms with Crippen LogP contribution in [0.1, 0.15) is 30.2 Å².